The lowest BCUT2D eigenvalue weighted by Gasteiger charge is -2.27. The second-order valence-corrected chi connectivity index (χ2v) is 5.51. The minimum absolute atomic E-state index is 0.00410. The number of ether oxygens (including phenoxy) is 1. The molecular weight excluding hydrogens is 337 g/mol. The zero-order valence-electron chi connectivity index (χ0n) is 13.0. The molecule has 0 atom stereocenters. The molecule has 0 heterocycles. The lowest BCUT2D eigenvalue weighted by Crippen LogP contribution is -2.40. The lowest BCUT2D eigenvalue weighted by atomic mass is 10.2. The van der Waals surface area contributed by atoms with E-state index in [1.165, 1.54) is 7.11 Å². The Morgan fingerprint density at radius 3 is 2.46 bits per heavy atom. The van der Waals surface area contributed by atoms with Crippen LogP contribution in [0, 0.1) is 0 Å². The van der Waals surface area contributed by atoms with Gasteiger partial charge in [-0.05, 0) is 29.9 Å². The van der Waals surface area contributed by atoms with Gasteiger partial charge in [-0.3, -0.25) is 0 Å². The van der Waals surface area contributed by atoms with Crippen molar-refractivity contribution in [1.82, 2.24) is 4.90 Å². The Hall–Kier alpha value is -2.28. The highest BCUT2D eigenvalue weighted by Crippen LogP contribution is 2.21. The maximum absolute atomic E-state index is 12.9. The molecule has 128 valence electrons. The summed E-state index contributed by atoms with van der Waals surface area (Å²) in [4.78, 5) is 1.09. The van der Waals surface area contributed by atoms with Gasteiger partial charge in [0.2, 0.25) is 0 Å². The Morgan fingerprint density at radius 1 is 1.12 bits per heavy atom. The molecule has 0 aliphatic rings. The van der Waals surface area contributed by atoms with Crippen LogP contribution in [-0.2, 0) is 6.54 Å². The average Bonchev–Trinajstić information content (AvgIpc) is 2.54. The second-order valence-electron chi connectivity index (χ2n) is 5.12. The van der Waals surface area contributed by atoms with Crippen LogP contribution in [0.2, 0.25) is 0 Å². The van der Waals surface area contributed by atoms with Crippen LogP contribution < -0.4 is 10.1 Å². The molecule has 0 amide bonds. The van der Waals surface area contributed by atoms with Gasteiger partial charge in [0.15, 0.2) is 5.11 Å². The molecule has 0 saturated heterocycles. The number of nitrogens with one attached hydrogen (secondary N) is 1. The number of alkyl halides is 3. The molecule has 0 bridgehead atoms. The third-order valence-electron chi connectivity index (χ3n) is 3.19. The predicted molar refractivity (Wildman–Crippen MR) is 92.1 cm³/mol. The van der Waals surface area contributed by atoms with Crippen molar-refractivity contribution < 1.29 is 17.9 Å². The molecule has 0 spiro atoms. The van der Waals surface area contributed by atoms with Gasteiger partial charge in [-0.15, -0.1) is 0 Å². The molecule has 2 aromatic carbocycles. The summed E-state index contributed by atoms with van der Waals surface area (Å²) in [6.45, 7) is -1.06. The molecule has 0 aromatic heterocycles. The summed E-state index contributed by atoms with van der Waals surface area (Å²) in [7, 11) is 1.52. The van der Waals surface area contributed by atoms with Gasteiger partial charge in [-0.2, -0.15) is 13.2 Å². The summed E-state index contributed by atoms with van der Waals surface area (Å²) in [6.07, 6.45) is -4.35. The van der Waals surface area contributed by atoms with Gasteiger partial charge in [0.05, 0.1) is 7.11 Å². The monoisotopic (exact) mass is 354 g/mol. The van der Waals surface area contributed by atoms with Crippen LogP contribution in [0.5, 0.6) is 5.75 Å². The highest BCUT2D eigenvalue weighted by atomic mass is 32.1. The molecule has 0 aliphatic carbocycles. The third-order valence-corrected chi connectivity index (χ3v) is 3.55. The van der Waals surface area contributed by atoms with Crippen LogP contribution in [0.1, 0.15) is 5.56 Å². The van der Waals surface area contributed by atoms with E-state index in [4.69, 9.17) is 17.0 Å². The SMILES string of the molecule is COc1cccc(NC(=S)N(Cc2ccccc2)CC(F)(F)F)c1. The second kappa shape index (κ2) is 8.01. The summed E-state index contributed by atoms with van der Waals surface area (Å²) in [6, 6.07) is 15.7. The van der Waals surface area contributed by atoms with Crippen molar-refractivity contribution in [1.29, 1.82) is 0 Å². The maximum Gasteiger partial charge on any atom is 0.406 e. The molecule has 0 unspecified atom stereocenters. The molecule has 0 aliphatic heterocycles. The third kappa shape index (κ3) is 5.73. The minimum atomic E-state index is -4.35. The number of anilines is 1. The number of methoxy groups -OCH3 is 1. The van der Waals surface area contributed by atoms with Gasteiger partial charge in [0.25, 0.3) is 0 Å². The van der Waals surface area contributed by atoms with E-state index < -0.39 is 12.7 Å². The summed E-state index contributed by atoms with van der Waals surface area (Å²) >= 11 is 5.18. The fourth-order valence-corrected chi connectivity index (χ4v) is 2.37. The Bertz CT molecular complexity index is 677. The van der Waals surface area contributed by atoms with Crippen molar-refractivity contribution in [3.8, 4) is 5.75 Å². The van der Waals surface area contributed by atoms with Crippen molar-refractivity contribution in [3.05, 3.63) is 60.2 Å². The molecule has 0 fully saturated rings. The zero-order valence-corrected chi connectivity index (χ0v) is 13.8. The molecule has 3 nitrogen and oxygen atoms in total. The van der Waals surface area contributed by atoms with Gasteiger partial charge in [-0.25, -0.2) is 0 Å². The Labute approximate surface area is 144 Å². The molecule has 0 radical (unpaired) electrons. The van der Waals surface area contributed by atoms with Crippen molar-refractivity contribution >= 4 is 23.0 Å². The molecular formula is C17H17F3N2OS. The van der Waals surface area contributed by atoms with Crippen molar-refractivity contribution in [3.63, 3.8) is 0 Å². The topological polar surface area (TPSA) is 24.5 Å². The van der Waals surface area contributed by atoms with Crippen molar-refractivity contribution in [2.45, 2.75) is 12.7 Å². The number of nitrogens with zero attached hydrogens (tertiary/aromatic N) is 1. The van der Waals surface area contributed by atoms with E-state index >= 15 is 0 Å². The van der Waals surface area contributed by atoms with E-state index in [1.807, 2.05) is 6.07 Å². The van der Waals surface area contributed by atoms with Gasteiger partial charge in [-0.1, -0.05) is 36.4 Å². The molecule has 1 N–H and O–H groups in total. The highest BCUT2D eigenvalue weighted by Gasteiger charge is 2.32. The fraction of sp³-hybridized carbons (Fsp3) is 0.235. The Morgan fingerprint density at radius 2 is 1.83 bits per heavy atom. The number of rotatable bonds is 5. The molecule has 24 heavy (non-hydrogen) atoms. The number of hydrogen-bond acceptors (Lipinski definition) is 2. The van der Waals surface area contributed by atoms with E-state index in [-0.39, 0.29) is 11.7 Å². The number of halogens is 3. The Balaban J connectivity index is 2.14. The highest BCUT2D eigenvalue weighted by molar-refractivity contribution is 7.80. The van der Waals surface area contributed by atoms with Crippen molar-refractivity contribution in [2.75, 3.05) is 19.0 Å². The fourth-order valence-electron chi connectivity index (χ4n) is 2.12. The molecule has 0 saturated carbocycles. The molecule has 2 aromatic rings. The van der Waals surface area contributed by atoms with E-state index in [0.29, 0.717) is 11.4 Å². The summed E-state index contributed by atoms with van der Waals surface area (Å²) < 4.78 is 43.7. The van der Waals surface area contributed by atoms with E-state index in [2.05, 4.69) is 5.32 Å². The van der Waals surface area contributed by atoms with Gasteiger partial charge < -0.3 is 15.0 Å². The zero-order chi connectivity index (χ0) is 17.6. The summed E-state index contributed by atoms with van der Waals surface area (Å²) in [5, 5.41) is 2.84. The first-order valence-electron chi connectivity index (χ1n) is 7.18. The normalized spacial score (nSPS) is 11.0. The summed E-state index contributed by atoms with van der Waals surface area (Å²) in [5.41, 5.74) is 1.32. The Kier molecular flexibility index (Phi) is 6.03. The summed E-state index contributed by atoms with van der Waals surface area (Å²) in [5.74, 6) is 0.591. The average molecular weight is 354 g/mol. The predicted octanol–water partition coefficient (Wildman–Crippen LogP) is 4.46. The number of benzene rings is 2. The van der Waals surface area contributed by atoms with Crippen LogP contribution in [0.15, 0.2) is 54.6 Å². The van der Waals surface area contributed by atoms with Crippen LogP contribution >= 0.6 is 12.2 Å². The van der Waals surface area contributed by atoms with Gasteiger partial charge in [0.1, 0.15) is 12.3 Å². The van der Waals surface area contributed by atoms with E-state index in [9.17, 15) is 13.2 Å². The number of hydrogen-bond donors (Lipinski definition) is 1. The minimum Gasteiger partial charge on any atom is -0.497 e. The quantitative estimate of drug-likeness (QED) is 0.802. The lowest BCUT2D eigenvalue weighted by molar-refractivity contribution is -0.138. The standard InChI is InChI=1S/C17H17F3N2OS/c1-23-15-9-5-8-14(10-15)21-16(24)22(12-17(18,19)20)11-13-6-3-2-4-7-13/h2-10H,11-12H2,1H3,(H,21,24). The van der Waals surface area contributed by atoms with E-state index in [1.54, 1.807) is 48.5 Å². The largest absolute Gasteiger partial charge is 0.497 e. The van der Waals surface area contributed by atoms with Gasteiger partial charge in [0, 0.05) is 18.3 Å². The number of thiocarbonyl (C=S) groups is 1. The van der Waals surface area contributed by atoms with E-state index in [0.717, 1.165) is 10.5 Å². The first kappa shape index (κ1) is 18.1. The first-order valence-corrected chi connectivity index (χ1v) is 7.59. The molecule has 7 heteroatoms. The smallest absolute Gasteiger partial charge is 0.406 e. The van der Waals surface area contributed by atoms with Crippen LogP contribution in [0.3, 0.4) is 0 Å². The molecule has 2 rings (SSSR count). The first-order chi connectivity index (χ1) is 11.4. The van der Waals surface area contributed by atoms with Crippen LogP contribution in [0.25, 0.3) is 0 Å². The van der Waals surface area contributed by atoms with Crippen LogP contribution in [-0.4, -0.2) is 29.8 Å². The van der Waals surface area contributed by atoms with Gasteiger partial charge >= 0.3 is 6.18 Å². The maximum atomic E-state index is 12.9. The van der Waals surface area contributed by atoms with Crippen molar-refractivity contribution in [2.24, 2.45) is 0 Å². The van der Waals surface area contributed by atoms with Crippen LogP contribution in [0.4, 0.5) is 18.9 Å².